The van der Waals surface area contributed by atoms with Crippen LogP contribution in [-0.2, 0) is 31.3 Å². The second-order valence-corrected chi connectivity index (χ2v) is 6.28. The van der Waals surface area contributed by atoms with Gasteiger partial charge < -0.3 is 20.4 Å². The van der Waals surface area contributed by atoms with Gasteiger partial charge in [-0.2, -0.15) is 0 Å². The van der Waals surface area contributed by atoms with Crippen LogP contribution in [0.15, 0.2) is 72.2 Å². The molecule has 33 heavy (non-hydrogen) atoms. The first-order chi connectivity index (χ1) is 15.1. The Bertz CT molecular complexity index is 777. The van der Waals surface area contributed by atoms with Gasteiger partial charge in [0.2, 0.25) is 0 Å². The average molecular weight is 488 g/mol. The van der Waals surface area contributed by atoms with E-state index in [2.05, 4.69) is 0 Å². The quantitative estimate of drug-likeness (QED) is 0.364. The normalized spacial score (nSPS) is 10.7. The van der Waals surface area contributed by atoms with Gasteiger partial charge in [-0.1, -0.05) is 88.4 Å². The molecule has 2 aromatic carbocycles. The summed E-state index contributed by atoms with van der Waals surface area (Å²) >= 11 is 0. The summed E-state index contributed by atoms with van der Waals surface area (Å²) in [7, 11) is 0. The molecule has 0 unspecified atom stereocenters. The molecule has 2 rings (SSSR count). The number of rotatable bonds is 4. The number of hydrogen-bond donors (Lipinski definition) is 0. The van der Waals surface area contributed by atoms with Crippen molar-refractivity contribution < 1.29 is 51.7 Å². The molecule has 0 aliphatic carbocycles. The Morgan fingerprint density at radius 3 is 0.970 bits per heavy atom. The van der Waals surface area contributed by atoms with Crippen LogP contribution < -0.4 is 20.4 Å². The fourth-order valence-corrected chi connectivity index (χ4v) is 2.52. The summed E-state index contributed by atoms with van der Waals surface area (Å²) in [6, 6.07) is 18.0. The third kappa shape index (κ3) is 15.9. The standard InChI is InChI=1S/2C11H12O2.2C2H5O.Ti/c2*1-8(12)11(9(2)13)10-6-4-3-5-7-10;2*1-2-3;/h2*3-7,12H,1-2H3;2*2H2,1H3;/q;;2*-1;+4/p-2/b2*11-8+;;;. The van der Waals surface area contributed by atoms with Crippen molar-refractivity contribution >= 4 is 22.7 Å². The predicted molar refractivity (Wildman–Crippen MR) is 121 cm³/mol. The Morgan fingerprint density at radius 1 is 0.606 bits per heavy atom. The van der Waals surface area contributed by atoms with Crippen LogP contribution in [0.4, 0.5) is 0 Å². The van der Waals surface area contributed by atoms with E-state index in [-0.39, 0.29) is 69.2 Å². The Morgan fingerprint density at radius 2 is 0.818 bits per heavy atom. The fourth-order valence-electron chi connectivity index (χ4n) is 2.52. The largest absolute Gasteiger partial charge is 4.00 e. The number of hydrogen-bond acceptors (Lipinski definition) is 6. The number of ketones is 2. The van der Waals surface area contributed by atoms with E-state index in [0.29, 0.717) is 11.1 Å². The van der Waals surface area contributed by atoms with E-state index in [1.54, 1.807) is 62.4 Å². The molecule has 0 heterocycles. The van der Waals surface area contributed by atoms with Crippen molar-refractivity contribution in [2.24, 2.45) is 0 Å². The van der Waals surface area contributed by atoms with Crippen molar-refractivity contribution in [2.45, 2.75) is 41.5 Å². The summed E-state index contributed by atoms with van der Waals surface area (Å²) in [6.45, 7) is 8.76. The fraction of sp³-hybridized carbons (Fsp3) is 0.308. The first kappa shape index (κ1) is 35.1. The molecule has 0 aromatic heterocycles. The molecule has 7 heteroatoms. The zero-order chi connectivity index (χ0) is 25.1. The summed E-state index contributed by atoms with van der Waals surface area (Å²) in [6.07, 6.45) is 0. The molecular weight excluding hydrogens is 456 g/mol. The van der Waals surface area contributed by atoms with E-state index >= 15 is 0 Å². The molecule has 0 aliphatic heterocycles. The van der Waals surface area contributed by atoms with Crippen molar-refractivity contribution in [1.29, 1.82) is 0 Å². The smallest absolute Gasteiger partial charge is 0.875 e. The van der Waals surface area contributed by atoms with Gasteiger partial charge in [-0.15, -0.1) is 24.7 Å². The summed E-state index contributed by atoms with van der Waals surface area (Å²) in [5.41, 5.74) is 1.95. The minimum absolute atomic E-state index is 0. The van der Waals surface area contributed by atoms with Crippen molar-refractivity contribution in [3.63, 3.8) is 0 Å². The van der Waals surface area contributed by atoms with Gasteiger partial charge in [0.15, 0.2) is 11.6 Å². The van der Waals surface area contributed by atoms with Gasteiger partial charge >= 0.3 is 21.7 Å². The SMILES string of the molecule is CC(=O)/C(=C(/C)[O-])c1ccccc1.CC(=O)/C(=C(/C)[O-])c1ccccc1.CC[O-].CC[O-].[Ti+4]. The zero-order valence-electron chi connectivity index (χ0n) is 20.1. The van der Waals surface area contributed by atoms with E-state index in [1.165, 1.54) is 27.7 Å². The molecular formula is C26H32O6Ti. The molecule has 176 valence electrons. The van der Waals surface area contributed by atoms with Crippen LogP contribution in [0.25, 0.3) is 11.1 Å². The van der Waals surface area contributed by atoms with Crippen molar-refractivity contribution in [3.8, 4) is 0 Å². The maximum Gasteiger partial charge on any atom is 4.00 e. The third-order valence-corrected chi connectivity index (χ3v) is 3.53. The average Bonchev–Trinajstić information content (AvgIpc) is 2.70. The van der Waals surface area contributed by atoms with Crippen LogP contribution in [0.5, 0.6) is 0 Å². The molecule has 0 spiro atoms. The molecule has 0 bridgehead atoms. The van der Waals surface area contributed by atoms with Crippen LogP contribution >= 0.6 is 0 Å². The van der Waals surface area contributed by atoms with E-state index < -0.39 is 0 Å². The second-order valence-electron chi connectivity index (χ2n) is 6.28. The minimum atomic E-state index is -0.182. The van der Waals surface area contributed by atoms with Gasteiger partial charge in [0.1, 0.15) is 0 Å². The number of carbonyl (C=O) groups excluding carboxylic acids is 2. The van der Waals surface area contributed by atoms with Gasteiger partial charge in [0.25, 0.3) is 0 Å². The van der Waals surface area contributed by atoms with Crippen LogP contribution in [0.3, 0.4) is 0 Å². The van der Waals surface area contributed by atoms with Crippen molar-refractivity contribution in [3.05, 3.63) is 83.3 Å². The van der Waals surface area contributed by atoms with Gasteiger partial charge in [-0.05, 0) is 25.0 Å². The van der Waals surface area contributed by atoms with Gasteiger partial charge in [-0.3, -0.25) is 9.59 Å². The minimum Gasteiger partial charge on any atom is -0.875 e. The molecule has 0 saturated carbocycles. The number of allylic oxidation sites excluding steroid dienone is 4. The molecule has 0 atom stereocenters. The Kier molecular flexibility index (Phi) is 22.7. The Hall–Kier alpha value is -2.51. The summed E-state index contributed by atoms with van der Waals surface area (Å²) in [4.78, 5) is 22.3. The molecule has 0 aliphatic rings. The molecule has 0 N–H and O–H groups in total. The summed E-state index contributed by atoms with van der Waals surface area (Å²) in [5.74, 6) is -0.727. The first-order valence-electron chi connectivity index (χ1n) is 10.1. The third-order valence-electron chi connectivity index (χ3n) is 3.53. The number of carbonyl (C=O) groups is 2. The molecule has 0 fully saturated rings. The zero-order valence-corrected chi connectivity index (χ0v) is 21.7. The molecule has 0 amide bonds. The monoisotopic (exact) mass is 488 g/mol. The van der Waals surface area contributed by atoms with Crippen LogP contribution in [0.2, 0.25) is 0 Å². The van der Waals surface area contributed by atoms with E-state index in [9.17, 15) is 19.8 Å². The molecule has 6 nitrogen and oxygen atoms in total. The van der Waals surface area contributed by atoms with Crippen LogP contribution in [0, 0.1) is 0 Å². The topological polar surface area (TPSA) is 126 Å². The number of benzene rings is 2. The van der Waals surface area contributed by atoms with E-state index in [0.717, 1.165) is 0 Å². The van der Waals surface area contributed by atoms with Gasteiger partial charge in [0.05, 0.1) is 0 Å². The maximum atomic E-state index is 11.1. The maximum absolute atomic E-state index is 11.1. The summed E-state index contributed by atoms with van der Waals surface area (Å²) in [5, 5.41) is 40.1. The Balaban J connectivity index is -0.000000430. The first-order valence-corrected chi connectivity index (χ1v) is 10.1. The van der Waals surface area contributed by atoms with Crippen LogP contribution in [0.1, 0.15) is 52.7 Å². The molecule has 0 radical (unpaired) electrons. The predicted octanol–water partition coefficient (Wildman–Crippen LogP) is 1.46. The number of Topliss-reactive ketones (excluding diaryl/α,β-unsaturated/α-hetero) is 2. The summed E-state index contributed by atoms with van der Waals surface area (Å²) < 4.78 is 0. The van der Waals surface area contributed by atoms with Crippen molar-refractivity contribution in [2.75, 3.05) is 13.2 Å². The molecule has 0 saturated heterocycles. The Labute approximate surface area is 212 Å². The molecule has 2 aromatic rings. The van der Waals surface area contributed by atoms with E-state index in [1.807, 2.05) is 12.1 Å². The van der Waals surface area contributed by atoms with Gasteiger partial charge in [0, 0.05) is 11.1 Å². The van der Waals surface area contributed by atoms with Gasteiger partial charge in [-0.25, -0.2) is 0 Å². The van der Waals surface area contributed by atoms with Crippen molar-refractivity contribution in [1.82, 2.24) is 0 Å². The second kappa shape index (κ2) is 21.3. The van der Waals surface area contributed by atoms with Crippen LogP contribution in [-0.4, -0.2) is 24.8 Å². The van der Waals surface area contributed by atoms with E-state index in [4.69, 9.17) is 10.2 Å².